The molecule has 156 valence electrons. The molecule has 0 saturated carbocycles. The largest absolute Gasteiger partial charge is 0.497 e. The summed E-state index contributed by atoms with van der Waals surface area (Å²) in [5.41, 5.74) is 2.06. The van der Waals surface area contributed by atoms with Gasteiger partial charge in [0.15, 0.2) is 0 Å². The van der Waals surface area contributed by atoms with Gasteiger partial charge in [0.2, 0.25) is 0 Å². The zero-order valence-corrected chi connectivity index (χ0v) is 17.2. The van der Waals surface area contributed by atoms with Gasteiger partial charge in [-0.15, -0.1) is 0 Å². The average molecular weight is 408 g/mol. The number of hydrogen-bond donors (Lipinski definition) is 1. The lowest BCUT2D eigenvalue weighted by Crippen LogP contribution is -2.22. The number of rotatable bonds is 8. The molecule has 7 heteroatoms. The van der Waals surface area contributed by atoms with Crippen LogP contribution in [0.1, 0.15) is 47.4 Å². The summed E-state index contributed by atoms with van der Waals surface area (Å²) in [6, 6.07) is 8.49. The first-order valence-corrected chi connectivity index (χ1v) is 9.76. The van der Waals surface area contributed by atoms with Crippen LogP contribution in [0.4, 0.5) is 0 Å². The van der Waals surface area contributed by atoms with Crippen LogP contribution >= 0.6 is 0 Å². The van der Waals surface area contributed by atoms with E-state index in [1.54, 1.807) is 13.2 Å². The van der Waals surface area contributed by atoms with Crippen molar-refractivity contribution in [2.24, 2.45) is 0 Å². The third kappa shape index (κ3) is 4.35. The number of nitrogens with zero attached hydrogens (tertiary/aromatic N) is 2. The third-order valence-corrected chi connectivity index (χ3v) is 4.63. The van der Waals surface area contributed by atoms with E-state index in [-0.39, 0.29) is 11.1 Å². The van der Waals surface area contributed by atoms with Gasteiger partial charge in [-0.2, -0.15) is 0 Å². The number of hydrogen-bond acceptors (Lipinski definition) is 5. The fourth-order valence-corrected chi connectivity index (χ4v) is 3.18. The Hall–Kier alpha value is -3.61. The highest BCUT2D eigenvalue weighted by Crippen LogP contribution is 2.26. The molecule has 0 bridgehead atoms. The van der Waals surface area contributed by atoms with Gasteiger partial charge >= 0.3 is 5.97 Å². The summed E-state index contributed by atoms with van der Waals surface area (Å²) in [5, 5.41) is 9.22. The van der Waals surface area contributed by atoms with Crippen molar-refractivity contribution in [2.75, 3.05) is 13.7 Å². The maximum atomic E-state index is 13.0. The minimum atomic E-state index is -1.09. The van der Waals surface area contributed by atoms with Gasteiger partial charge in [0.1, 0.15) is 17.1 Å². The van der Waals surface area contributed by atoms with Gasteiger partial charge < -0.3 is 14.6 Å². The molecule has 7 nitrogen and oxygen atoms in total. The van der Waals surface area contributed by atoms with E-state index < -0.39 is 5.97 Å². The average Bonchev–Trinajstić information content (AvgIpc) is 2.75. The van der Waals surface area contributed by atoms with E-state index >= 15 is 0 Å². The van der Waals surface area contributed by atoms with Crippen LogP contribution in [0.15, 0.2) is 41.3 Å². The van der Waals surface area contributed by atoms with Crippen LogP contribution in [-0.2, 0) is 6.42 Å². The maximum Gasteiger partial charge on any atom is 0.337 e. The number of carbonyl (C=O) groups is 1. The molecule has 0 radical (unpaired) electrons. The van der Waals surface area contributed by atoms with Crippen LogP contribution in [0.3, 0.4) is 0 Å². The molecule has 2 aromatic heterocycles. The van der Waals surface area contributed by atoms with Crippen LogP contribution < -0.4 is 15.0 Å². The first-order valence-electron chi connectivity index (χ1n) is 9.76. The van der Waals surface area contributed by atoms with Gasteiger partial charge in [0.25, 0.3) is 5.56 Å². The number of fused-ring (bicyclic) bond motifs is 1. The van der Waals surface area contributed by atoms with Crippen molar-refractivity contribution in [1.82, 2.24) is 9.38 Å². The van der Waals surface area contributed by atoms with Crippen molar-refractivity contribution in [2.45, 2.75) is 26.7 Å². The highest BCUT2D eigenvalue weighted by atomic mass is 16.5. The van der Waals surface area contributed by atoms with Gasteiger partial charge in [-0.3, -0.25) is 9.20 Å². The lowest BCUT2D eigenvalue weighted by molar-refractivity contribution is 0.0696. The van der Waals surface area contributed by atoms with E-state index in [9.17, 15) is 14.7 Å². The molecule has 0 aliphatic heterocycles. The van der Waals surface area contributed by atoms with E-state index in [2.05, 4.69) is 4.98 Å². The Balaban J connectivity index is 2.14. The van der Waals surface area contributed by atoms with Gasteiger partial charge in [-0.1, -0.05) is 13.3 Å². The first-order chi connectivity index (χ1) is 14.5. The number of ether oxygens (including phenoxy) is 2. The number of carboxylic acids is 1. The molecule has 0 unspecified atom stereocenters. The molecule has 3 rings (SSSR count). The summed E-state index contributed by atoms with van der Waals surface area (Å²) >= 11 is 0. The smallest absolute Gasteiger partial charge is 0.337 e. The number of pyridine rings is 1. The molecule has 0 amide bonds. The predicted octanol–water partition coefficient (Wildman–Crippen LogP) is 3.92. The van der Waals surface area contributed by atoms with E-state index in [1.807, 2.05) is 38.1 Å². The lowest BCUT2D eigenvalue weighted by Gasteiger charge is -2.10. The topological polar surface area (TPSA) is 90.1 Å². The maximum absolute atomic E-state index is 13.0. The van der Waals surface area contributed by atoms with E-state index in [0.717, 1.165) is 12.0 Å². The second-order valence-corrected chi connectivity index (χ2v) is 6.65. The molecule has 0 saturated heterocycles. The zero-order valence-electron chi connectivity index (χ0n) is 17.2. The van der Waals surface area contributed by atoms with Crippen molar-refractivity contribution in [3.63, 3.8) is 0 Å². The third-order valence-electron chi connectivity index (χ3n) is 4.63. The standard InChI is InChI=1S/C23H24N2O5/c1-4-6-18-19(10-7-15-13-17(29-3)9-11-20(15)30-5-2)24-21-12-8-16(23(27)28)14-25(21)22(18)26/h7-14H,4-6H2,1-3H3,(H,27,28). The second kappa shape index (κ2) is 9.26. The SMILES string of the molecule is CCCc1c(C=Cc2cc(OC)ccc2OCC)nc2ccc(C(=O)O)cn2c1=O. The Morgan fingerprint density at radius 3 is 2.67 bits per heavy atom. The molecule has 3 aromatic rings. The Morgan fingerprint density at radius 1 is 1.20 bits per heavy atom. The Morgan fingerprint density at radius 2 is 2.00 bits per heavy atom. The van der Waals surface area contributed by atoms with Crippen LogP contribution in [0.5, 0.6) is 11.5 Å². The molecule has 1 aromatic carbocycles. The normalized spacial score (nSPS) is 11.2. The fourth-order valence-electron chi connectivity index (χ4n) is 3.18. The Kier molecular flexibility index (Phi) is 6.51. The van der Waals surface area contributed by atoms with Crippen LogP contribution in [0, 0.1) is 0 Å². The summed E-state index contributed by atoms with van der Waals surface area (Å²) in [6.07, 6.45) is 6.23. The molecule has 1 N–H and O–H groups in total. The molecule has 0 aliphatic rings. The van der Waals surface area contributed by atoms with Crippen molar-refractivity contribution < 1.29 is 19.4 Å². The number of methoxy groups -OCH3 is 1. The summed E-state index contributed by atoms with van der Waals surface area (Å²) in [6.45, 7) is 4.41. The van der Waals surface area contributed by atoms with E-state index in [1.165, 1.54) is 22.7 Å². The number of aromatic nitrogens is 2. The van der Waals surface area contributed by atoms with Crippen LogP contribution in [-0.4, -0.2) is 34.2 Å². The van der Waals surface area contributed by atoms with E-state index in [0.29, 0.717) is 41.4 Å². The predicted molar refractivity (Wildman–Crippen MR) is 116 cm³/mol. The molecular formula is C23H24N2O5. The number of carboxylic acid groups (broad SMARTS) is 1. The Bertz CT molecular complexity index is 1160. The van der Waals surface area contributed by atoms with Crippen molar-refractivity contribution in [1.29, 1.82) is 0 Å². The fraction of sp³-hybridized carbons (Fsp3) is 0.261. The second-order valence-electron chi connectivity index (χ2n) is 6.65. The van der Waals surface area contributed by atoms with Crippen molar-refractivity contribution in [3.05, 3.63) is 69.3 Å². The summed E-state index contributed by atoms with van der Waals surface area (Å²) in [5.74, 6) is 0.307. The van der Waals surface area contributed by atoms with Gasteiger partial charge in [0, 0.05) is 17.3 Å². The van der Waals surface area contributed by atoms with E-state index in [4.69, 9.17) is 9.47 Å². The molecule has 2 heterocycles. The Labute approximate surface area is 174 Å². The number of benzene rings is 1. The summed E-state index contributed by atoms with van der Waals surface area (Å²) in [4.78, 5) is 28.9. The number of aromatic carboxylic acids is 1. The minimum Gasteiger partial charge on any atom is -0.497 e. The van der Waals surface area contributed by atoms with Crippen molar-refractivity contribution >= 4 is 23.8 Å². The zero-order chi connectivity index (χ0) is 21.7. The van der Waals surface area contributed by atoms with Crippen LogP contribution in [0.25, 0.3) is 17.8 Å². The lowest BCUT2D eigenvalue weighted by atomic mass is 10.1. The molecule has 0 aliphatic carbocycles. The molecule has 0 fully saturated rings. The minimum absolute atomic E-state index is 0.0369. The van der Waals surface area contributed by atoms with Crippen LogP contribution in [0.2, 0.25) is 0 Å². The molecule has 0 spiro atoms. The summed E-state index contributed by atoms with van der Waals surface area (Å²) in [7, 11) is 1.60. The molecule has 30 heavy (non-hydrogen) atoms. The first kappa shape index (κ1) is 21.1. The molecule has 0 atom stereocenters. The molecular weight excluding hydrogens is 384 g/mol. The summed E-state index contributed by atoms with van der Waals surface area (Å²) < 4.78 is 12.3. The highest BCUT2D eigenvalue weighted by molar-refractivity contribution is 5.87. The van der Waals surface area contributed by atoms with Gasteiger partial charge in [0.05, 0.1) is 25.0 Å². The monoisotopic (exact) mass is 408 g/mol. The van der Waals surface area contributed by atoms with Crippen molar-refractivity contribution in [3.8, 4) is 11.5 Å². The van der Waals surface area contributed by atoms with Gasteiger partial charge in [-0.05, 0) is 55.8 Å². The highest BCUT2D eigenvalue weighted by Gasteiger charge is 2.13. The van der Waals surface area contributed by atoms with Gasteiger partial charge in [-0.25, -0.2) is 9.78 Å². The quantitative estimate of drug-likeness (QED) is 0.608.